The Balaban J connectivity index is 2.94. The Kier molecular flexibility index (Phi) is 6.06. The zero-order chi connectivity index (χ0) is 16.2. The lowest BCUT2D eigenvalue weighted by Crippen LogP contribution is -2.64. The van der Waals surface area contributed by atoms with Gasteiger partial charge in [0.25, 0.3) is 0 Å². The summed E-state index contributed by atoms with van der Waals surface area (Å²) in [5, 5.41) is 9.73. The molecule has 0 aliphatic carbocycles. The molecule has 1 fully saturated rings. The van der Waals surface area contributed by atoms with E-state index in [9.17, 15) is 19.5 Å². The maximum absolute atomic E-state index is 11.2. The Morgan fingerprint density at radius 3 is 2.05 bits per heavy atom. The van der Waals surface area contributed by atoms with E-state index in [1.54, 1.807) is 0 Å². The van der Waals surface area contributed by atoms with Crippen molar-refractivity contribution >= 4 is 17.9 Å². The van der Waals surface area contributed by atoms with Gasteiger partial charge in [0.1, 0.15) is 12.7 Å². The predicted octanol–water partition coefficient (Wildman–Crippen LogP) is -1.54. The Labute approximate surface area is 121 Å². The van der Waals surface area contributed by atoms with E-state index in [-0.39, 0.29) is 6.61 Å². The zero-order valence-corrected chi connectivity index (χ0v) is 12.0. The van der Waals surface area contributed by atoms with Crippen molar-refractivity contribution in [2.45, 2.75) is 51.4 Å². The molecule has 0 amide bonds. The van der Waals surface area contributed by atoms with E-state index in [1.807, 2.05) is 0 Å². The van der Waals surface area contributed by atoms with Gasteiger partial charge in [0.05, 0.1) is 6.04 Å². The van der Waals surface area contributed by atoms with Crippen LogP contribution in [0.2, 0.25) is 0 Å². The number of hydrogen-bond donors (Lipinski definition) is 2. The quantitative estimate of drug-likeness (QED) is 0.468. The summed E-state index contributed by atoms with van der Waals surface area (Å²) in [6.45, 7) is 3.22. The third-order valence-electron chi connectivity index (χ3n) is 2.77. The summed E-state index contributed by atoms with van der Waals surface area (Å²) in [5.41, 5.74) is 5.70. The van der Waals surface area contributed by atoms with Crippen LogP contribution in [0.4, 0.5) is 0 Å². The van der Waals surface area contributed by atoms with Crippen LogP contribution in [-0.4, -0.2) is 60.3 Å². The van der Waals surface area contributed by atoms with Crippen LogP contribution in [0.5, 0.6) is 0 Å². The van der Waals surface area contributed by atoms with Gasteiger partial charge in [0, 0.05) is 20.8 Å². The highest BCUT2D eigenvalue weighted by Crippen LogP contribution is 2.24. The summed E-state index contributed by atoms with van der Waals surface area (Å²) < 4.78 is 20.0. The van der Waals surface area contributed by atoms with E-state index in [4.69, 9.17) is 24.7 Å². The molecule has 1 aliphatic rings. The first-order valence-corrected chi connectivity index (χ1v) is 6.29. The topological polar surface area (TPSA) is 134 Å². The highest BCUT2D eigenvalue weighted by molar-refractivity contribution is 5.67. The smallest absolute Gasteiger partial charge is 0.303 e. The molecule has 5 atom stereocenters. The molecule has 1 aliphatic heterocycles. The second-order valence-corrected chi connectivity index (χ2v) is 4.59. The number of aliphatic hydroxyl groups is 1. The van der Waals surface area contributed by atoms with Gasteiger partial charge in [0.15, 0.2) is 18.5 Å². The SMILES string of the molecule is CC(=O)OC[C@@H]1O[C@@H](O)[C@H](N)[C@H](OC(C)=O)[C@@H]1OC(C)=O. The molecule has 0 aromatic carbocycles. The minimum atomic E-state index is -1.46. The van der Waals surface area contributed by atoms with Crippen LogP contribution in [0.3, 0.4) is 0 Å². The van der Waals surface area contributed by atoms with Crippen LogP contribution >= 0.6 is 0 Å². The molecule has 0 aromatic heterocycles. The fourth-order valence-corrected chi connectivity index (χ4v) is 1.95. The lowest BCUT2D eigenvalue weighted by Gasteiger charge is -2.41. The van der Waals surface area contributed by atoms with Gasteiger partial charge in [-0.15, -0.1) is 0 Å². The van der Waals surface area contributed by atoms with Gasteiger partial charge in [0.2, 0.25) is 0 Å². The molecule has 120 valence electrons. The third-order valence-corrected chi connectivity index (χ3v) is 2.77. The van der Waals surface area contributed by atoms with Crippen LogP contribution in [0, 0.1) is 0 Å². The number of carbonyl (C=O) groups is 3. The average Bonchev–Trinajstić information content (AvgIpc) is 2.35. The number of rotatable bonds is 4. The van der Waals surface area contributed by atoms with Crippen LogP contribution < -0.4 is 5.73 Å². The third kappa shape index (κ3) is 4.96. The fraction of sp³-hybridized carbons (Fsp3) is 0.750. The van der Waals surface area contributed by atoms with Crippen molar-refractivity contribution in [3.63, 3.8) is 0 Å². The minimum absolute atomic E-state index is 0.283. The van der Waals surface area contributed by atoms with Crippen LogP contribution in [-0.2, 0) is 33.3 Å². The van der Waals surface area contributed by atoms with Crippen molar-refractivity contribution < 1.29 is 38.4 Å². The van der Waals surface area contributed by atoms with Crippen LogP contribution in [0.1, 0.15) is 20.8 Å². The zero-order valence-electron chi connectivity index (χ0n) is 12.0. The number of carbonyl (C=O) groups excluding carboxylic acids is 3. The van der Waals surface area contributed by atoms with E-state index < -0.39 is 48.6 Å². The summed E-state index contributed by atoms with van der Waals surface area (Å²) in [6.07, 6.45) is -4.67. The number of aliphatic hydroxyl groups excluding tert-OH is 1. The molecule has 0 unspecified atom stereocenters. The molecule has 1 heterocycles. The molecular weight excluding hydrogens is 286 g/mol. The van der Waals surface area contributed by atoms with Crippen molar-refractivity contribution in [3.8, 4) is 0 Å². The predicted molar refractivity (Wildman–Crippen MR) is 66.6 cm³/mol. The van der Waals surface area contributed by atoms with Crippen molar-refractivity contribution in [1.82, 2.24) is 0 Å². The number of hydrogen-bond acceptors (Lipinski definition) is 9. The number of esters is 3. The summed E-state index contributed by atoms with van der Waals surface area (Å²) in [6, 6.07) is -1.10. The molecule has 9 nitrogen and oxygen atoms in total. The number of nitrogens with two attached hydrogens (primary N) is 1. The Morgan fingerprint density at radius 1 is 1.05 bits per heavy atom. The summed E-state index contributed by atoms with van der Waals surface area (Å²) in [5.74, 6) is -1.89. The maximum atomic E-state index is 11.2. The van der Waals surface area contributed by atoms with Gasteiger partial charge < -0.3 is 29.8 Å². The van der Waals surface area contributed by atoms with E-state index in [1.165, 1.54) is 6.92 Å². The highest BCUT2D eigenvalue weighted by Gasteiger charge is 2.48. The monoisotopic (exact) mass is 305 g/mol. The molecule has 9 heteroatoms. The number of ether oxygens (including phenoxy) is 4. The van der Waals surface area contributed by atoms with Crippen LogP contribution in [0.15, 0.2) is 0 Å². The lowest BCUT2D eigenvalue weighted by molar-refractivity contribution is -0.260. The Hall–Kier alpha value is -1.71. The van der Waals surface area contributed by atoms with Crippen molar-refractivity contribution in [1.29, 1.82) is 0 Å². The Morgan fingerprint density at radius 2 is 1.57 bits per heavy atom. The maximum Gasteiger partial charge on any atom is 0.303 e. The molecule has 3 N–H and O–H groups in total. The van der Waals surface area contributed by atoms with Gasteiger partial charge >= 0.3 is 17.9 Å². The normalized spacial score (nSPS) is 32.1. The first-order valence-electron chi connectivity index (χ1n) is 6.29. The molecule has 1 rings (SSSR count). The molecule has 0 spiro atoms. The van der Waals surface area contributed by atoms with E-state index in [0.717, 1.165) is 13.8 Å². The lowest BCUT2D eigenvalue weighted by atomic mass is 9.97. The second-order valence-electron chi connectivity index (χ2n) is 4.59. The van der Waals surface area contributed by atoms with E-state index in [0.29, 0.717) is 0 Å². The van der Waals surface area contributed by atoms with Gasteiger partial charge in [-0.25, -0.2) is 0 Å². The van der Waals surface area contributed by atoms with Crippen molar-refractivity contribution in [3.05, 3.63) is 0 Å². The minimum Gasteiger partial charge on any atom is -0.463 e. The molecule has 0 saturated carbocycles. The molecule has 0 bridgehead atoms. The highest BCUT2D eigenvalue weighted by atomic mass is 16.7. The van der Waals surface area contributed by atoms with Gasteiger partial charge in [-0.3, -0.25) is 14.4 Å². The molecule has 1 saturated heterocycles. The van der Waals surface area contributed by atoms with Crippen LogP contribution in [0.25, 0.3) is 0 Å². The first kappa shape index (κ1) is 17.3. The second kappa shape index (κ2) is 7.34. The fourth-order valence-electron chi connectivity index (χ4n) is 1.95. The molecular formula is C12H19NO8. The van der Waals surface area contributed by atoms with Gasteiger partial charge in [-0.2, -0.15) is 0 Å². The standard InChI is InChI=1S/C12H19NO8/c1-5(14)18-4-8-10(19-6(2)15)11(20-7(3)16)9(13)12(17)21-8/h8-12,17H,4,13H2,1-3H3/t8-,9+,10+,11-,12+/m0/s1. The largest absolute Gasteiger partial charge is 0.463 e. The molecule has 21 heavy (non-hydrogen) atoms. The van der Waals surface area contributed by atoms with E-state index in [2.05, 4.69) is 0 Å². The average molecular weight is 305 g/mol. The Bertz CT molecular complexity index is 412. The molecule has 0 radical (unpaired) electrons. The van der Waals surface area contributed by atoms with Crippen molar-refractivity contribution in [2.24, 2.45) is 5.73 Å². The summed E-state index contributed by atoms with van der Waals surface area (Å²) in [7, 11) is 0. The summed E-state index contributed by atoms with van der Waals surface area (Å²) in [4.78, 5) is 33.2. The van der Waals surface area contributed by atoms with Gasteiger partial charge in [-0.1, -0.05) is 0 Å². The molecule has 0 aromatic rings. The van der Waals surface area contributed by atoms with Gasteiger partial charge in [-0.05, 0) is 0 Å². The van der Waals surface area contributed by atoms with E-state index >= 15 is 0 Å². The summed E-state index contributed by atoms with van der Waals surface area (Å²) >= 11 is 0. The first-order chi connectivity index (χ1) is 9.72. The van der Waals surface area contributed by atoms with Crippen molar-refractivity contribution in [2.75, 3.05) is 6.61 Å².